The largest absolute Gasteiger partial charge is 0.322 e. The molecule has 0 radical (unpaired) electrons. The zero-order valence-corrected chi connectivity index (χ0v) is 9.27. The molecule has 2 aromatic rings. The van der Waals surface area contributed by atoms with Gasteiger partial charge in [0.05, 0.1) is 0 Å². The first-order chi connectivity index (χ1) is 8.16. The molecule has 1 aromatic carbocycles. The van der Waals surface area contributed by atoms with Gasteiger partial charge < -0.3 is 5.32 Å². The summed E-state index contributed by atoms with van der Waals surface area (Å²) < 4.78 is 12.9. The minimum absolute atomic E-state index is 0.268. The summed E-state index contributed by atoms with van der Waals surface area (Å²) in [5.41, 5.74) is 1.75. The van der Waals surface area contributed by atoms with Crippen molar-refractivity contribution in [2.75, 3.05) is 5.32 Å². The summed E-state index contributed by atoms with van der Waals surface area (Å²) in [4.78, 5) is 15.8. The molecule has 1 N–H and O–H groups in total. The summed E-state index contributed by atoms with van der Waals surface area (Å²) in [6.45, 7) is 1.80. The van der Waals surface area contributed by atoms with Crippen LogP contribution in [0.2, 0.25) is 0 Å². The lowest BCUT2D eigenvalue weighted by Crippen LogP contribution is -2.13. The van der Waals surface area contributed by atoms with E-state index >= 15 is 0 Å². The van der Waals surface area contributed by atoms with Crippen LogP contribution in [0.4, 0.5) is 10.1 Å². The SMILES string of the molecule is Cc1cnccc1C(=O)Nc1cccc(F)c1. The van der Waals surface area contributed by atoms with Crippen molar-refractivity contribution in [2.45, 2.75) is 6.92 Å². The minimum atomic E-state index is -0.380. The number of carbonyl (C=O) groups is 1. The fourth-order valence-corrected chi connectivity index (χ4v) is 1.49. The van der Waals surface area contributed by atoms with Crippen LogP contribution < -0.4 is 5.32 Å². The molecule has 86 valence electrons. The lowest BCUT2D eigenvalue weighted by molar-refractivity contribution is 0.102. The van der Waals surface area contributed by atoms with Gasteiger partial charge in [0.25, 0.3) is 5.91 Å². The predicted octanol–water partition coefficient (Wildman–Crippen LogP) is 2.78. The van der Waals surface area contributed by atoms with E-state index in [0.29, 0.717) is 11.3 Å². The Bertz CT molecular complexity index is 555. The van der Waals surface area contributed by atoms with Crippen molar-refractivity contribution in [2.24, 2.45) is 0 Å². The first-order valence-corrected chi connectivity index (χ1v) is 5.14. The Morgan fingerprint density at radius 1 is 1.35 bits per heavy atom. The maximum Gasteiger partial charge on any atom is 0.256 e. The van der Waals surface area contributed by atoms with E-state index in [4.69, 9.17) is 0 Å². The zero-order chi connectivity index (χ0) is 12.3. The minimum Gasteiger partial charge on any atom is -0.322 e. The van der Waals surface area contributed by atoms with Gasteiger partial charge in [0.2, 0.25) is 0 Å². The van der Waals surface area contributed by atoms with Crippen molar-refractivity contribution < 1.29 is 9.18 Å². The lowest BCUT2D eigenvalue weighted by Gasteiger charge is -2.06. The van der Waals surface area contributed by atoms with Crippen LogP contribution >= 0.6 is 0 Å². The van der Waals surface area contributed by atoms with E-state index in [1.54, 1.807) is 37.5 Å². The van der Waals surface area contributed by atoms with Crippen molar-refractivity contribution in [3.8, 4) is 0 Å². The van der Waals surface area contributed by atoms with Crippen LogP contribution in [0.25, 0.3) is 0 Å². The van der Waals surface area contributed by atoms with Crippen molar-refractivity contribution in [3.05, 3.63) is 59.7 Å². The number of carbonyl (C=O) groups excluding carboxylic acids is 1. The van der Waals surface area contributed by atoms with Crippen molar-refractivity contribution in [1.82, 2.24) is 4.98 Å². The summed E-state index contributed by atoms with van der Waals surface area (Å²) in [7, 11) is 0. The molecule has 4 heteroatoms. The molecule has 1 amide bonds. The molecule has 3 nitrogen and oxygen atoms in total. The number of aryl methyl sites for hydroxylation is 1. The fraction of sp³-hybridized carbons (Fsp3) is 0.0769. The molecule has 0 aliphatic heterocycles. The topological polar surface area (TPSA) is 42.0 Å². The fourth-order valence-electron chi connectivity index (χ4n) is 1.49. The molecule has 0 aliphatic carbocycles. The summed E-state index contributed by atoms with van der Waals surface area (Å²) in [6, 6.07) is 7.41. The van der Waals surface area contributed by atoms with E-state index in [-0.39, 0.29) is 11.7 Å². The number of halogens is 1. The first-order valence-electron chi connectivity index (χ1n) is 5.14. The summed E-state index contributed by atoms with van der Waals surface area (Å²) in [5, 5.41) is 2.63. The Morgan fingerprint density at radius 3 is 2.88 bits per heavy atom. The third kappa shape index (κ3) is 2.66. The van der Waals surface area contributed by atoms with Gasteiger partial charge in [-0.2, -0.15) is 0 Å². The third-order valence-corrected chi connectivity index (χ3v) is 2.35. The molecule has 0 atom stereocenters. The summed E-state index contributed by atoms with van der Waals surface area (Å²) >= 11 is 0. The second-order valence-corrected chi connectivity index (χ2v) is 3.66. The van der Waals surface area contributed by atoms with E-state index in [2.05, 4.69) is 10.3 Å². The molecule has 0 unspecified atom stereocenters. The van der Waals surface area contributed by atoms with Gasteiger partial charge in [-0.15, -0.1) is 0 Å². The van der Waals surface area contributed by atoms with Gasteiger partial charge in [-0.05, 0) is 36.8 Å². The highest BCUT2D eigenvalue weighted by molar-refractivity contribution is 6.05. The van der Waals surface area contributed by atoms with Crippen LogP contribution in [0.5, 0.6) is 0 Å². The molecule has 0 saturated heterocycles. The smallest absolute Gasteiger partial charge is 0.256 e. The molecular weight excluding hydrogens is 219 g/mol. The maximum atomic E-state index is 12.9. The molecule has 1 heterocycles. The van der Waals surface area contributed by atoms with Gasteiger partial charge in [0.15, 0.2) is 0 Å². The van der Waals surface area contributed by atoms with Crippen LogP contribution in [0.15, 0.2) is 42.7 Å². The Morgan fingerprint density at radius 2 is 2.18 bits per heavy atom. The highest BCUT2D eigenvalue weighted by atomic mass is 19.1. The van der Waals surface area contributed by atoms with Gasteiger partial charge in [-0.1, -0.05) is 6.07 Å². The number of hydrogen-bond acceptors (Lipinski definition) is 2. The van der Waals surface area contributed by atoms with Crippen molar-refractivity contribution in [3.63, 3.8) is 0 Å². The molecule has 0 fully saturated rings. The van der Waals surface area contributed by atoms with Crippen LogP contribution in [0.1, 0.15) is 15.9 Å². The molecule has 0 aliphatic rings. The monoisotopic (exact) mass is 230 g/mol. The number of nitrogens with one attached hydrogen (secondary N) is 1. The first kappa shape index (κ1) is 11.3. The quantitative estimate of drug-likeness (QED) is 0.861. The van der Waals surface area contributed by atoms with E-state index in [0.717, 1.165) is 5.56 Å². The van der Waals surface area contributed by atoms with E-state index in [1.165, 1.54) is 12.1 Å². The van der Waals surface area contributed by atoms with Crippen molar-refractivity contribution in [1.29, 1.82) is 0 Å². The number of benzene rings is 1. The van der Waals surface area contributed by atoms with Gasteiger partial charge in [-0.3, -0.25) is 9.78 Å². The van der Waals surface area contributed by atoms with Crippen LogP contribution in [0.3, 0.4) is 0 Å². The molecular formula is C13H11FN2O. The third-order valence-electron chi connectivity index (χ3n) is 2.35. The summed E-state index contributed by atoms with van der Waals surface area (Å²) in [6.07, 6.45) is 3.16. The van der Waals surface area contributed by atoms with Crippen molar-refractivity contribution >= 4 is 11.6 Å². The Hall–Kier alpha value is -2.23. The molecule has 0 spiro atoms. The van der Waals surface area contributed by atoms with Crippen LogP contribution in [0, 0.1) is 12.7 Å². The molecule has 1 aromatic heterocycles. The maximum absolute atomic E-state index is 12.9. The lowest BCUT2D eigenvalue weighted by atomic mass is 10.1. The average Bonchev–Trinajstić information content (AvgIpc) is 2.29. The number of pyridine rings is 1. The average molecular weight is 230 g/mol. The Balaban J connectivity index is 2.20. The normalized spacial score (nSPS) is 10.0. The molecule has 17 heavy (non-hydrogen) atoms. The standard InChI is InChI=1S/C13H11FN2O/c1-9-8-15-6-5-12(9)13(17)16-11-4-2-3-10(14)7-11/h2-8H,1H3,(H,16,17). The number of rotatable bonds is 2. The number of nitrogens with zero attached hydrogens (tertiary/aromatic N) is 1. The zero-order valence-electron chi connectivity index (χ0n) is 9.27. The number of amides is 1. The summed E-state index contributed by atoms with van der Waals surface area (Å²) in [5.74, 6) is -0.648. The van der Waals surface area contributed by atoms with Crippen LogP contribution in [-0.2, 0) is 0 Å². The number of hydrogen-bond donors (Lipinski definition) is 1. The molecule has 2 rings (SSSR count). The Labute approximate surface area is 98.3 Å². The Kier molecular flexibility index (Phi) is 3.14. The van der Waals surface area contributed by atoms with Gasteiger partial charge >= 0.3 is 0 Å². The van der Waals surface area contributed by atoms with Gasteiger partial charge in [0.1, 0.15) is 5.82 Å². The highest BCUT2D eigenvalue weighted by Crippen LogP contribution is 2.12. The van der Waals surface area contributed by atoms with Crippen LogP contribution in [-0.4, -0.2) is 10.9 Å². The van der Waals surface area contributed by atoms with E-state index in [9.17, 15) is 9.18 Å². The van der Waals surface area contributed by atoms with Gasteiger partial charge in [-0.25, -0.2) is 4.39 Å². The second kappa shape index (κ2) is 4.74. The van der Waals surface area contributed by atoms with Gasteiger partial charge in [0, 0.05) is 23.6 Å². The number of aromatic nitrogens is 1. The van der Waals surface area contributed by atoms with E-state index in [1.807, 2.05) is 0 Å². The molecule has 0 saturated carbocycles. The number of anilines is 1. The predicted molar refractivity (Wildman–Crippen MR) is 63.3 cm³/mol. The van der Waals surface area contributed by atoms with E-state index < -0.39 is 0 Å². The second-order valence-electron chi connectivity index (χ2n) is 3.66. The molecule has 0 bridgehead atoms. The highest BCUT2D eigenvalue weighted by Gasteiger charge is 2.08.